The summed E-state index contributed by atoms with van der Waals surface area (Å²) in [5, 5.41) is 3.04. The third-order valence-corrected chi connectivity index (χ3v) is 4.73. The van der Waals surface area contributed by atoms with Crippen LogP contribution in [0.4, 0.5) is 0 Å². The lowest BCUT2D eigenvalue weighted by Gasteiger charge is -2.38. The van der Waals surface area contributed by atoms with E-state index in [1.807, 2.05) is 25.1 Å². The van der Waals surface area contributed by atoms with Gasteiger partial charge in [0.25, 0.3) is 0 Å². The lowest BCUT2D eigenvalue weighted by Crippen LogP contribution is -2.50. The molecule has 2 aliphatic heterocycles. The average Bonchev–Trinajstić information content (AvgIpc) is 2.98. The molecule has 0 saturated carbocycles. The quantitative estimate of drug-likeness (QED) is 0.926. The summed E-state index contributed by atoms with van der Waals surface area (Å²) in [6.07, 6.45) is 1.25. The predicted molar refractivity (Wildman–Crippen MR) is 88.4 cm³/mol. The Bertz CT molecular complexity index is 565. The van der Waals surface area contributed by atoms with Crippen molar-refractivity contribution in [1.29, 1.82) is 0 Å². The second-order valence-electron chi connectivity index (χ2n) is 6.98. The lowest BCUT2D eigenvalue weighted by atomic mass is 9.91. The summed E-state index contributed by atoms with van der Waals surface area (Å²) >= 11 is 0. The van der Waals surface area contributed by atoms with Crippen molar-refractivity contribution in [1.82, 2.24) is 10.2 Å². The van der Waals surface area contributed by atoms with E-state index >= 15 is 0 Å². The second-order valence-corrected chi connectivity index (χ2v) is 6.98. The Morgan fingerprint density at radius 3 is 2.70 bits per heavy atom. The molecule has 1 saturated heterocycles. The minimum atomic E-state index is -0.0887. The number of hydrogen-bond acceptors (Lipinski definition) is 4. The van der Waals surface area contributed by atoms with Crippen LogP contribution in [0.3, 0.4) is 0 Å². The van der Waals surface area contributed by atoms with Crippen LogP contribution in [0.2, 0.25) is 0 Å². The third-order valence-electron chi connectivity index (χ3n) is 4.73. The zero-order chi connectivity index (χ0) is 16.4. The molecule has 126 valence electrons. The van der Waals surface area contributed by atoms with Gasteiger partial charge < -0.3 is 14.8 Å². The van der Waals surface area contributed by atoms with Gasteiger partial charge in [-0.05, 0) is 42.9 Å². The standard InChI is InChI=1S/C18H26N2O3/c1-12-6-13(2)10-20(9-12)14(3)18(21)19-8-15-4-5-16-17(7-15)23-11-22-16/h4-5,7,12-14H,6,8-11H2,1-3H3,(H,19,21). The summed E-state index contributed by atoms with van der Waals surface area (Å²) in [5.41, 5.74) is 1.02. The molecule has 0 bridgehead atoms. The molecule has 5 nitrogen and oxygen atoms in total. The van der Waals surface area contributed by atoms with Gasteiger partial charge in [-0.15, -0.1) is 0 Å². The summed E-state index contributed by atoms with van der Waals surface area (Å²) in [5.74, 6) is 2.92. The van der Waals surface area contributed by atoms with Crippen molar-refractivity contribution in [2.45, 2.75) is 39.8 Å². The smallest absolute Gasteiger partial charge is 0.237 e. The highest BCUT2D eigenvalue weighted by Crippen LogP contribution is 2.32. The summed E-state index contributed by atoms with van der Waals surface area (Å²) in [7, 11) is 0. The molecule has 3 rings (SSSR count). The number of rotatable bonds is 4. The van der Waals surface area contributed by atoms with Gasteiger partial charge >= 0.3 is 0 Å². The fraction of sp³-hybridized carbons (Fsp3) is 0.611. The molecule has 1 aromatic carbocycles. The van der Waals surface area contributed by atoms with Crippen molar-refractivity contribution in [2.24, 2.45) is 11.8 Å². The minimum Gasteiger partial charge on any atom is -0.454 e. The van der Waals surface area contributed by atoms with Crippen LogP contribution in [0.1, 0.15) is 32.8 Å². The van der Waals surface area contributed by atoms with Crippen LogP contribution in [0, 0.1) is 11.8 Å². The zero-order valence-corrected chi connectivity index (χ0v) is 14.2. The van der Waals surface area contributed by atoms with Gasteiger partial charge in [0.2, 0.25) is 12.7 Å². The van der Waals surface area contributed by atoms with Crippen LogP contribution in [-0.2, 0) is 11.3 Å². The monoisotopic (exact) mass is 318 g/mol. The van der Waals surface area contributed by atoms with Crippen LogP contribution in [0.15, 0.2) is 18.2 Å². The molecule has 0 aromatic heterocycles. The first-order chi connectivity index (χ1) is 11.0. The first kappa shape index (κ1) is 16.1. The van der Waals surface area contributed by atoms with Gasteiger partial charge in [-0.1, -0.05) is 19.9 Å². The highest BCUT2D eigenvalue weighted by molar-refractivity contribution is 5.81. The number of carbonyl (C=O) groups excluding carboxylic acids is 1. The van der Waals surface area contributed by atoms with Crippen molar-refractivity contribution in [3.8, 4) is 11.5 Å². The van der Waals surface area contributed by atoms with Gasteiger partial charge in [0.15, 0.2) is 11.5 Å². The molecule has 1 amide bonds. The Morgan fingerprint density at radius 2 is 1.96 bits per heavy atom. The number of ether oxygens (including phenoxy) is 2. The Kier molecular flexibility index (Phi) is 4.76. The van der Waals surface area contributed by atoms with Crippen LogP contribution >= 0.6 is 0 Å². The SMILES string of the molecule is CC1CC(C)CN(C(C)C(=O)NCc2ccc3c(c2)OCO3)C1. The number of fused-ring (bicyclic) bond motifs is 1. The molecule has 2 aliphatic rings. The van der Waals surface area contributed by atoms with Gasteiger partial charge in [-0.3, -0.25) is 9.69 Å². The highest BCUT2D eigenvalue weighted by atomic mass is 16.7. The molecule has 0 aliphatic carbocycles. The maximum atomic E-state index is 12.5. The molecule has 23 heavy (non-hydrogen) atoms. The number of amides is 1. The van der Waals surface area contributed by atoms with E-state index in [0.29, 0.717) is 18.4 Å². The Labute approximate surface area is 137 Å². The Hall–Kier alpha value is -1.75. The molecule has 1 N–H and O–H groups in total. The van der Waals surface area contributed by atoms with Gasteiger partial charge in [-0.25, -0.2) is 0 Å². The van der Waals surface area contributed by atoms with Crippen molar-refractivity contribution in [2.75, 3.05) is 19.9 Å². The highest BCUT2D eigenvalue weighted by Gasteiger charge is 2.28. The molecule has 5 heteroatoms. The van der Waals surface area contributed by atoms with E-state index in [0.717, 1.165) is 30.2 Å². The maximum Gasteiger partial charge on any atom is 0.237 e. The number of piperidine rings is 1. The van der Waals surface area contributed by atoms with Crippen LogP contribution < -0.4 is 14.8 Å². The van der Waals surface area contributed by atoms with Gasteiger partial charge in [0.05, 0.1) is 6.04 Å². The first-order valence-electron chi connectivity index (χ1n) is 8.43. The lowest BCUT2D eigenvalue weighted by molar-refractivity contribution is -0.127. The van der Waals surface area contributed by atoms with Crippen LogP contribution in [0.25, 0.3) is 0 Å². The number of carbonyl (C=O) groups is 1. The maximum absolute atomic E-state index is 12.5. The third kappa shape index (κ3) is 3.78. The van der Waals surface area contributed by atoms with E-state index in [2.05, 4.69) is 24.1 Å². The molecular formula is C18H26N2O3. The molecular weight excluding hydrogens is 292 g/mol. The van der Waals surface area contributed by atoms with E-state index in [4.69, 9.17) is 9.47 Å². The van der Waals surface area contributed by atoms with Crippen molar-refractivity contribution in [3.63, 3.8) is 0 Å². The molecule has 1 fully saturated rings. The van der Waals surface area contributed by atoms with Gasteiger partial charge in [0, 0.05) is 19.6 Å². The number of benzene rings is 1. The van der Waals surface area contributed by atoms with Crippen molar-refractivity contribution in [3.05, 3.63) is 23.8 Å². The van der Waals surface area contributed by atoms with Gasteiger partial charge in [0.1, 0.15) is 0 Å². The van der Waals surface area contributed by atoms with Gasteiger partial charge in [-0.2, -0.15) is 0 Å². The molecule has 3 atom stereocenters. The summed E-state index contributed by atoms with van der Waals surface area (Å²) < 4.78 is 10.7. The molecule has 0 spiro atoms. The summed E-state index contributed by atoms with van der Waals surface area (Å²) in [4.78, 5) is 14.8. The average molecular weight is 318 g/mol. The second kappa shape index (κ2) is 6.79. The van der Waals surface area contributed by atoms with E-state index in [9.17, 15) is 4.79 Å². The van der Waals surface area contributed by atoms with Crippen molar-refractivity contribution >= 4 is 5.91 Å². The normalized spacial score (nSPS) is 25.2. The van der Waals surface area contributed by atoms with E-state index in [-0.39, 0.29) is 18.7 Å². The fourth-order valence-corrected chi connectivity index (χ4v) is 3.58. The Balaban J connectivity index is 1.54. The topological polar surface area (TPSA) is 50.8 Å². The first-order valence-corrected chi connectivity index (χ1v) is 8.43. The number of nitrogens with zero attached hydrogens (tertiary/aromatic N) is 1. The molecule has 1 aromatic rings. The number of nitrogens with one attached hydrogen (secondary N) is 1. The Morgan fingerprint density at radius 1 is 1.26 bits per heavy atom. The number of likely N-dealkylation sites (tertiary alicyclic amines) is 1. The van der Waals surface area contributed by atoms with Crippen molar-refractivity contribution < 1.29 is 14.3 Å². The van der Waals surface area contributed by atoms with E-state index < -0.39 is 0 Å². The van der Waals surface area contributed by atoms with Crippen LogP contribution in [-0.4, -0.2) is 36.7 Å². The van der Waals surface area contributed by atoms with E-state index in [1.165, 1.54) is 6.42 Å². The largest absolute Gasteiger partial charge is 0.454 e. The minimum absolute atomic E-state index is 0.0870. The summed E-state index contributed by atoms with van der Waals surface area (Å²) in [6.45, 7) is 9.32. The zero-order valence-electron chi connectivity index (χ0n) is 14.2. The molecule has 3 unspecified atom stereocenters. The molecule has 0 radical (unpaired) electrons. The molecule has 2 heterocycles. The predicted octanol–water partition coefficient (Wildman–Crippen LogP) is 2.40. The fourth-order valence-electron chi connectivity index (χ4n) is 3.58. The van der Waals surface area contributed by atoms with Crippen LogP contribution in [0.5, 0.6) is 11.5 Å². The summed E-state index contributed by atoms with van der Waals surface area (Å²) in [6, 6.07) is 5.69. The number of hydrogen-bond donors (Lipinski definition) is 1. The van der Waals surface area contributed by atoms with E-state index in [1.54, 1.807) is 0 Å².